The van der Waals surface area contributed by atoms with Crippen molar-refractivity contribution in [2.24, 2.45) is 17.3 Å². The van der Waals surface area contributed by atoms with Crippen molar-refractivity contribution in [2.75, 3.05) is 19.8 Å². The number of epoxide rings is 1. The predicted molar refractivity (Wildman–Crippen MR) is 145 cm³/mol. The minimum Gasteiger partial charge on any atom is -0.462 e. The average Bonchev–Trinajstić information content (AvgIpc) is 3.65. The standard InChI is InChI=1S/C30H40O13/c1-8-37-13-20-9-10-21(39-16(3)31)28(7)22(40-17(4)32)12-23(41-18(5)33)29(14-38-29)25(28)26(42-19(6)34)30(36)15(2)27(35)43-24(30)11-20/h9-11,15,21-26,36H,8,12-14H2,1-7H3/b10-9-,20-11+/t15-,21-,22-,23+,24-,25+,26-,28-,29+,30-/m0/s1. The van der Waals surface area contributed by atoms with Gasteiger partial charge < -0.3 is 38.3 Å². The normalized spacial score (nSPS) is 41.8. The van der Waals surface area contributed by atoms with E-state index in [4.69, 9.17) is 33.2 Å². The van der Waals surface area contributed by atoms with Crippen LogP contribution in [0.15, 0.2) is 23.8 Å². The zero-order valence-electron chi connectivity index (χ0n) is 25.4. The summed E-state index contributed by atoms with van der Waals surface area (Å²) in [6, 6.07) is 0. The van der Waals surface area contributed by atoms with Crippen LogP contribution in [-0.2, 0) is 57.1 Å². The van der Waals surface area contributed by atoms with E-state index in [1.165, 1.54) is 33.8 Å². The summed E-state index contributed by atoms with van der Waals surface area (Å²) in [5, 5.41) is 12.6. The van der Waals surface area contributed by atoms with Crippen LogP contribution in [0.25, 0.3) is 0 Å². The molecule has 2 aliphatic heterocycles. The summed E-state index contributed by atoms with van der Waals surface area (Å²) in [6.07, 6.45) is -1.51. The first-order valence-electron chi connectivity index (χ1n) is 14.3. The molecule has 2 saturated heterocycles. The summed E-state index contributed by atoms with van der Waals surface area (Å²) < 4.78 is 40.7. The van der Waals surface area contributed by atoms with Crippen molar-refractivity contribution in [3.05, 3.63) is 23.8 Å². The fourth-order valence-electron chi connectivity index (χ4n) is 6.96. The smallest absolute Gasteiger partial charge is 0.312 e. The highest BCUT2D eigenvalue weighted by molar-refractivity contribution is 5.78. The molecular formula is C30H40O13. The molecule has 0 amide bonds. The average molecular weight is 609 g/mol. The Hall–Kier alpha value is -3.29. The highest BCUT2D eigenvalue weighted by Crippen LogP contribution is 2.62. The first kappa shape index (κ1) is 32.6. The molecule has 1 saturated carbocycles. The number of rotatable bonds is 7. The molecule has 13 heteroatoms. The van der Waals surface area contributed by atoms with E-state index in [1.54, 1.807) is 26.0 Å². The van der Waals surface area contributed by atoms with Gasteiger partial charge in [-0.05, 0) is 31.6 Å². The molecule has 13 nitrogen and oxygen atoms in total. The van der Waals surface area contributed by atoms with Crippen LogP contribution in [0.1, 0.15) is 54.9 Å². The molecule has 1 N–H and O–H groups in total. The second kappa shape index (κ2) is 12.0. The lowest BCUT2D eigenvalue weighted by atomic mass is 9.52. The highest BCUT2D eigenvalue weighted by atomic mass is 16.6. The molecule has 4 aliphatic rings. The van der Waals surface area contributed by atoms with Gasteiger partial charge in [-0.3, -0.25) is 24.0 Å². The van der Waals surface area contributed by atoms with Gasteiger partial charge in [0.25, 0.3) is 0 Å². The summed E-state index contributed by atoms with van der Waals surface area (Å²) >= 11 is 0. The van der Waals surface area contributed by atoms with Gasteiger partial charge in [-0.1, -0.05) is 13.0 Å². The molecule has 0 unspecified atom stereocenters. The Morgan fingerprint density at radius 3 is 2.09 bits per heavy atom. The van der Waals surface area contributed by atoms with E-state index >= 15 is 0 Å². The lowest BCUT2D eigenvalue weighted by Gasteiger charge is -2.57. The minimum absolute atomic E-state index is 0.00161. The monoisotopic (exact) mass is 608 g/mol. The molecule has 238 valence electrons. The maximum atomic E-state index is 13.1. The van der Waals surface area contributed by atoms with Gasteiger partial charge in [-0.2, -0.15) is 0 Å². The lowest BCUT2D eigenvalue weighted by molar-refractivity contribution is -0.252. The largest absolute Gasteiger partial charge is 0.462 e. The maximum absolute atomic E-state index is 13.1. The summed E-state index contributed by atoms with van der Waals surface area (Å²) in [5.41, 5.74) is -4.59. The van der Waals surface area contributed by atoms with Gasteiger partial charge in [-0.25, -0.2) is 0 Å². The molecule has 0 aromatic heterocycles. The van der Waals surface area contributed by atoms with Crippen molar-refractivity contribution in [3.8, 4) is 0 Å². The van der Waals surface area contributed by atoms with E-state index in [0.717, 1.165) is 6.92 Å². The van der Waals surface area contributed by atoms with Crippen LogP contribution >= 0.6 is 0 Å². The van der Waals surface area contributed by atoms with Gasteiger partial charge in [0.05, 0.1) is 24.5 Å². The predicted octanol–water partition coefficient (Wildman–Crippen LogP) is 1.33. The van der Waals surface area contributed by atoms with E-state index in [9.17, 15) is 29.1 Å². The van der Waals surface area contributed by atoms with E-state index in [1.807, 2.05) is 0 Å². The SMILES string of the molecule is CCOCC1=C/[C@@H]2OC(=O)[C@H](C)[C@@]2(O)[C@@H](OC(C)=O)[C@H]2[C@@]3(CO3)[C@H](OC(C)=O)C[C@H](OC(C)=O)[C@]2(C)[C@@H](OC(C)=O)/C=C\1. The number of carbonyl (C=O) groups is 5. The van der Waals surface area contributed by atoms with Crippen LogP contribution in [0.5, 0.6) is 0 Å². The Bertz CT molecular complexity index is 1220. The lowest BCUT2D eigenvalue weighted by Crippen LogP contribution is -2.71. The zero-order valence-corrected chi connectivity index (χ0v) is 25.4. The number of fused-ring (bicyclic) bond motifs is 3. The van der Waals surface area contributed by atoms with Crippen molar-refractivity contribution in [1.82, 2.24) is 0 Å². The summed E-state index contributed by atoms with van der Waals surface area (Å²) in [5.74, 6) is -5.91. The third-order valence-corrected chi connectivity index (χ3v) is 8.98. The van der Waals surface area contributed by atoms with Crippen LogP contribution in [0, 0.1) is 17.3 Å². The van der Waals surface area contributed by atoms with Crippen molar-refractivity contribution in [1.29, 1.82) is 0 Å². The Balaban J connectivity index is 2.08. The van der Waals surface area contributed by atoms with Crippen LogP contribution < -0.4 is 0 Å². The number of aliphatic hydroxyl groups is 1. The van der Waals surface area contributed by atoms with Gasteiger partial charge in [0.1, 0.15) is 30.0 Å². The maximum Gasteiger partial charge on any atom is 0.312 e. The summed E-state index contributed by atoms with van der Waals surface area (Å²) in [6.45, 7) is 10.1. The van der Waals surface area contributed by atoms with E-state index in [0.29, 0.717) is 12.2 Å². The molecule has 0 radical (unpaired) electrons. The van der Waals surface area contributed by atoms with Crippen molar-refractivity contribution >= 4 is 29.8 Å². The Morgan fingerprint density at radius 2 is 1.56 bits per heavy atom. The number of carbonyl (C=O) groups excluding carboxylic acids is 5. The third kappa shape index (κ3) is 5.82. The van der Waals surface area contributed by atoms with E-state index < -0.39 is 88.8 Å². The van der Waals surface area contributed by atoms with Gasteiger partial charge >= 0.3 is 29.8 Å². The molecule has 10 atom stereocenters. The summed E-state index contributed by atoms with van der Waals surface area (Å²) in [7, 11) is 0. The van der Waals surface area contributed by atoms with Crippen molar-refractivity contribution in [3.63, 3.8) is 0 Å². The Labute approximate surface area is 249 Å². The zero-order chi connectivity index (χ0) is 31.9. The second-order valence-electron chi connectivity index (χ2n) is 11.8. The van der Waals surface area contributed by atoms with Gasteiger partial charge in [0.2, 0.25) is 0 Å². The topological polar surface area (TPSA) is 173 Å². The highest BCUT2D eigenvalue weighted by Gasteiger charge is 2.78. The van der Waals surface area contributed by atoms with Gasteiger partial charge in [-0.15, -0.1) is 0 Å². The Morgan fingerprint density at radius 1 is 0.977 bits per heavy atom. The molecule has 0 aromatic rings. The third-order valence-electron chi connectivity index (χ3n) is 8.98. The van der Waals surface area contributed by atoms with E-state index in [-0.39, 0.29) is 19.6 Å². The van der Waals surface area contributed by atoms with Gasteiger partial charge in [0.15, 0.2) is 11.7 Å². The number of esters is 5. The molecule has 0 bridgehead atoms. The first-order valence-corrected chi connectivity index (χ1v) is 14.3. The number of hydrogen-bond donors (Lipinski definition) is 1. The van der Waals surface area contributed by atoms with E-state index in [2.05, 4.69) is 0 Å². The molecule has 43 heavy (non-hydrogen) atoms. The molecule has 0 aromatic carbocycles. The molecular weight excluding hydrogens is 568 g/mol. The first-order chi connectivity index (χ1) is 20.1. The number of ether oxygens (including phenoxy) is 7. The molecule has 1 spiro atoms. The van der Waals surface area contributed by atoms with Crippen molar-refractivity contribution in [2.45, 2.75) is 96.6 Å². The van der Waals surface area contributed by atoms with Crippen LogP contribution in [0.3, 0.4) is 0 Å². The number of hydrogen-bond acceptors (Lipinski definition) is 13. The molecule has 2 aliphatic carbocycles. The molecule has 3 fully saturated rings. The van der Waals surface area contributed by atoms with Gasteiger partial charge in [0, 0.05) is 46.6 Å². The minimum atomic E-state index is -2.20. The molecule has 2 heterocycles. The van der Waals surface area contributed by atoms with Crippen LogP contribution in [-0.4, -0.2) is 96.5 Å². The Kier molecular flexibility index (Phi) is 9.11. The summed E-state index contributed by atoms with van der Waals surface area (Å²) in [4.78, 5) is 63.2. The quantitative estimate of drug-likeness (QED) is 0.249. The fourth-order valence-corrected chi connectivity index (χ4v) is 6.96. The molecule has 4 rings (SSSR count). The second-order valence-corrected chi connectivity index (χ2v) is 11.8. The fraction of sp³-hybridized carbons (Fsp3) is 0.700. The van der Waals surface area contributed by atoms with Crippen LogP contribution in [0.4, 0.5) is 0 Å². The van der Waals surface area contributed by atoms with Crippen molar-refractivity contribution < 1.29 is 62.2 Å². The van der Waals surface area contributed by atoms with Crippen LogP contribution in [0.2, 0.25) is 0 Å².